The van der Waals surface area contributed by atoms with Crippen molar-refractivity contribution in [1.29, 1.82) is 0 Å². The maximum absolute atomic E-state index is 9.35. The molecule has 0 fully saturated rings. The third-order valence-electron chi connectivity index (χ3n) is 2.44. The molecule has 0 amide bonds. The molecular formula is C11H10N4O. The van der Waals surface area contributed by atoms with Crippen molar-refractivity contribution in [3.8, 4) is 17.1 Å². The van der Waals surface area contributed by atoms with E-state index in [0.717, 1.165) is 22.4 Å². The molecule has 0 aliphatic rings. The summed E-state index contributed by atoms with van der Waals surface area (Å²) < 4.78 is 1.72. The molecule has 3 rings (SSSR count). The van der Waals surface area contributed by atoms with Crippen LogP contribution in [0, 0.1) is 0 Å². The van der Waals surface area contributed by atoms with Crippen molar-refractivity contribution in [2.45, 2.75) is 0 Å². The number of phenols is 1. The van der Waals surface area contributed by atoms with Crippen molar-refractivity contribution in [3.63, 3.8) is 0 Å². The summed E-state index contributed by atoms with van der Waals surface area (Å²) in [6.45, 7) is 0. The molecule has 0 spiro atoms. The van der Waals surface area contributed by atoms with Crippen molar-refractivity contribution >= 4 is 11.0 Å². The third-order valence-corrected chi connectivity index (χ3v) is 2.44. The van der Waals surface area contributed by atoms with E-state index in [0.29, 0.717) is 0 Å². The fourth-order valence-corrected chi connectivity index (χ4v) is 1.68. The summed E-state index contributed by atoms with van der Waals surface area (Å²) in [7, 11) is 1.86. The Hall–Kier alpha value is -2.30. The lowest BCUT2D eigenvalue weighted by Gasteiger charge is -1.88. The third kappa shape index (κ3) is 1.33. The summed E-state index contributed by atoms with van der Waals surface area (Å²) >= 11 is 0. The summed E-state index contributed by atoms with van der Waals surface area (Å²) in [5, 5.41) is 13.4. The van der Waals surface area contributed by atoms with Gasteiger partial charge in [-0.1, -0.05) is 0 Å². The highest BCUT2D eigenvalue weighted by Crippen LogP contribution is 2.22. The second-order valence-electron chi connectivity index (χ2n) is 3.69. The lowest BCUT2D eigenvalue weighted by Crippen LogP contribution is -1.84. The molecule has 0 aliphatic heterocycles. The van der Waals surface area contributed by atoms with Crippen LogP contribution >= 0.6 is 0 Å². The van der Waals surface area contributed by atoms with Gasteiger partial charge in [0.25, 0.3) is 0 Å². The van der Waals surface area contributed by atoms with Crippen LogP contribution in [0.1, 0.15) is 0 Å². The Morgan fingerprint density at radius 1 is 1.38 bits per heavy atom. The van der Waals surface area contributed by atoms with Crippen molar-refractivity contribution in [2.75, 3.05) is 0 Å². The minimum Gasteiger partial charge on any atom is -0.508 e. The smallest absolute Gasteiger partial charge is 0.141 e. The summed E-state index contributed by atoms with van der Waals surface area (Å²) in [4.78, 5) is 7.56. The zero-order valence-corrected chi connectivity index (χ0v) is 8.68. The van der Waals surface area contributed by atoms with Crippen LogP contribution in [0.5, 0.6) is 5.75 Å². The largest absolute Gasteiger partial charge is 0.508 e. The van der Waals surface area contributed by atoms with E-state index in [2.05, 4.69) is 15.1 Å². The number of nitrogens with one attached hydrogen (secondary N) is 1. The zero-order valence-electron chi connectivity index (χ0n) is 8.68. The maximum Gasteiger partial charge on any atom is 0.141 e. The first kappa shape index (κ1) is 8.96. The summed E-state index contributed by atoms with van der Waals surface area (Å²) in [5.74, 6) is 0.989. The Bertz CT molecular complexity index is 653. The average Bonchev–Trinajstić information content (AvgIpc) is 2.83. The Labute approximate surface area is 91.4 Å². The second kappa shape index (κ2) is 3.10. The predicted octanol–water partition coefficient (Wildman–Crippen LogP) is 1.67. The monoisotopic (exact) mass is 214 g/mol. The van der Waals surface area contributed by atoms with Gasteiger partial charge in [-0.2, -0.15) is 5.10 Å². The molecule has 0 aliphatic carbocycles. The molecule has 3 aromatic rings. The Morgan fingerprint density at radius 2 is 2.25 bits per heavy atom. The van der Waals surface area contributed by atoms with Gasteiger partial charge in [-0.25, -0.2) is 4.98 Å². The number of aromatic nitrogens is 4. The Morgan fingerprint density at radius 3 is 3.00 bits per heavy atom. The maximum atomic E-state index is 9.35. The number of rotatable bonds is 1. The summed E-state index contributed by atoms with van der Waals surface area (Å²) in [5.41, 5.74) is 2.58. The first-order chi connectivity index (χ1) is 7.72. The Balaban J connectivity index is 2.18. The van der Waals surface area contributed by atoms with E-state index in [1.807, 2.05) is 13.2 Å². The van der Waals surface area contributed by atoms with Crippen molar-refractivity contribution in [3.05, 3.63) is 30.6 Å². The predicted molar refractivity (Wildman–Crippen MR) is 60.0 cm³/mol. The van der Waals surface area contributed by atoms with Gasteiger partial charge < -0.3 is 10.1 Å². The topological polar surface area (TPSA) is 66.7 Å². The number of hydrogen-bond acceptors (Lipinski definition) is 3. The quantitative estimate of drug-likeness (QED) is 0.647. The van der Waals surface area contributed by atoms with E-state index in [4.69, 9.17) is 0 Å². The standard InChI is InChI=1S/C11H10N4O/c1-15-6-7(5-12-15)11-13-9-3-2-8(16)4-10(9)14-11/h2-6,16H,1H3,(H,13,14). The van der Waals surface area contributed by atoms with Gasteiger partial charge in [0, 0.05) is 19.3 Å². The SMILES string of the molecule is Cn1cc(-c2nc3ccc(O)cc3[nH]2)cn1. The molecule has 2 aromatic heterocycles. The van der Waals surface area contributed by atoms with E-state index in [9.17, 15) is 5.11 Å². The first-order valence-corrected chi connectivity index (χ1v) is 4.90. The fourth-order valence-electron chi connectivity index (χ4n) is 1.68. The van der Waals surface area contributed by atoms with Crippen LogP contribution in [0.2, 0.25) is 0 Å². The highest BCUT2D eigenvalue weighted by Gasteiger charge is 2.06. The average molecular weight is 214 g/mol. The fraction of sp³-hybridized carbons (Fsp3) is 0.0909. The van der Waals surface area contributed by atoms with Crippen molar-refractivity contribution < 1.29 is 5.11 Å². The molecule has 2 N–H and O–H groups in total. The number of aryl methyl sites for hydroxylation is 1. The molecule has 0 saturated heterocycles. The van der Waals surface area contributed by atoms with Crippen LogP contribution in [-0.4, -0.2) is 24.9 Å². The molecule has 80 valence electrons. The summed E-state index contributed by atoms with van der Waals surface area (Å²) in [6.07, 6.45) is 3.63. The molecule has 0 bridgehead atoms. The van der Waals surface area contributed by atoms with Gasteiger partial charge in [-0.3, -0.25) is 4.68 Å². The molecule has 5 nitrogen and oxygen atoms in total. The highest BCUT2D eigenvalue weighted by atomic mass is 16.3. The van der Waals surface area contributed by atoms with Gasteiger partial charge in [0.15, 0.2) is 0 Å². The minimum absolute atomic E-state index is 0.230. The lowest BCUT2D eigenvalue weighted by molar-refractivity contribution is 0.476. The zero-order chi connectivity index (χ0) is 11.1. The van der Waals surface area contributed by atoms with Gasteiger partial charge in [-0.05, 0) is 12.1 Å². The van der Waals surface area contributed by atoms with Crippen LogP contribution in [0.3, 0.4) is 0 Å². The molecule has 0 saturated carbocycles. The molecule has 16 heavy (non-hydrogen) atoms. The number of aromatic hydroxyl groups is 1. The number of nitrogens with zero attached hydrogens (tertiary/aromatic N) is 3. The van der Waals surface area contributed by atoms with Crippen LogP contribution in [0.4, 0.5) is 0 Å². The van der Waals surface area contributed by atoms with E-state index < -0.39 is 0 Å². The lowest BCUT2D eigenvalue weighted by atomic mass is 10.3. The van der Waals surface area contributed by atoms with Gasteiger partial charge in [-0.15, -0.1) is 0 Å². The number of imidazole rings is 1. The van der Waals surface area contributed by atoms with Crippen molar-refractivity contribution in [2.24, 2.45) is 7.05 Å². The number of phenolic OH excluding ortho intramolecular Hbond substituents is 1. The molecule has 0 radical (unpaired) electrons. The van der Waals surface area contributed by atoms with Crippen LogP contribution in [0.25, 0.3) is 22.4 Å². The molecule has 0 atom stereocenters. The summed E-state index contributed by atoms with van der Waals surface area (Å²) in [6, 6.07) is 5.05. The normalized spacial score (nSPS) is 11.1. The number of hydrogen-bond donors (Lipinski definition) is 2. The molecular weight excluding hydrogens is 204 g/mol. The van der Waals surface area contributed by atoms with Crippen molar-refractivity contribution in [1.82, 2.24) is 19.7 Å². The number of fused-ring (bicyclic) bond motifs is 1. The molecule has 1 aromatic carbocycles. The van der Waals surface area contributed by atoms with Gasteiger partial charge >= 0.3 is 0 Å². The van der Waals surface area contributed by atoms with Crippen LogP contribution in [0.15, 0.2) is 30.6 Å². The first-order valence-electron chi connectivity index (χ1n) is 4.90. The minimum atomic E-state index is 0.230. The van der Waals surface area contributed by atoms with E-state index in [1.54, 1.807) is 29.1 Å². The number of benzene rings is 1. The highest BCUT2D eigenvalue weighted by molar-refractivity contribution is 5.80. The molecule has 2 heterocycles. The number of H-pyrrole nitrogens is 1. The van der Waals surface area contributed by atoms with E-state index in [-0.39, 0.29) is 5.75 Å². The van der Waals surface area contributed by atoms with Crippen LogP contribution in [-0.2, 0) is 7.05 Å². The molecule has 5 heteroatoms. The van der Waals surface area contributed by atoms with E-state index >= 15 is 0 Å². The Kier molecular flexibility index (Phi) is 1.73. The van der Waals surface area contributed by atoms with Crippen LogP contribution < -0.4 is 0 Å². The van der Waals surface area contributed by atoms with Gasteiger partial charge in [0.2, 0.25) is 0 Å². The number of aromatic amines is 1. The van der Waals surface area contributed by atoms with Gasteiger partial charge in [0.05, 0.1) is 22.8 Å². The van der Waals surface area contributed by atoms with E-state index in [1.165, 1.54) is 0 Å². The second-order valence-corrected chi connectivity index (χ2v) is 3.69. The molecule has 0 unspecified atom stereocenters. The van der Waals surface area contributed by atoms with Gasteiger partial charge in [0.1, 0.15) is 11.6 Å².